The molecule has 0 atom stereocenters. The van der Waals surface area contributed by atoms with Crippen molar-refractivity contribution in [3.8, 4) is 0 Å². The number of rotatable bonds is 4. The first-order chi connectivity index (χ1) is 9.63. The quantitative estimate of drug-likeness (QED) is 0.838. The van der Waals surface area contributed by atoms with Gasteiger partial charge < -0.3 is 9.80 Å². The SMILES string of the molecule is CCN(C)c1ccc(C(=O)N(C)C2CCCCC2)cc1. The van der Waals surface area contributed by atoms with Crippen LogP contribution in [0.25, 0.3) is 0 Å². The molecule has 0 unspecified atom stereocenters. The largest absolute Gasteiger partial charge is 0.375 e. The number of anilines is 1. The lowest BCUT2D eigenvalue weighted by Crippen LogP contribution is -2.38. The van der Waals surface area contributed by atoms with Crippen LogP contribution in [0.15, 0.2) is 24.3 Å². The van der Waals surface area contributed by atoms with Gasteiger partial charge in [0.2, 0.25) is 0 Å². The summed E-state index contributed by atoms with van der Waals surface area (Å²) in [6.45, 7) is 3.09. The Labute approximate surface area is 122 Å². The maximum atomic E-state index is 12.5. The lowest BCUT2D eigenvalue weighted by molar-refractivity contribution is 0.0696. The fourth-order valence-corrected chi connectivity index (χ4v) is 2.88. The lowest BCUT2D eigenvalue weighted by atomic mass is 9.94. The second-order valence-electron chi connectivity index (χ2n) is 5.77. The highest BCUT2D eigenvalue weighted by Crippen LogP contribution is 2.23. The molecular weight excluding hydrogens is 248 g/mol. The van der Waals surface area contributed by atoms with Gasteiger partial charge in [0, 0.05) is 37.9 Å². The van der Waals surface area contributed by atoms with Crippen LogP contribution in [-0.4, -0.2) is 37.5 Å². The molecule has 0 N–H and O–H groups in total. The van der Waals surface area contributed by atoms with Crippen molar-refractivity contribution in [2.24, 2.45) is 0 Å². The van der Waals surface area contributed by atoms with Crippen LogP contribution in [0, 0.1) is 0 Å². The Kier molecular flexibility index (Phi) is 5.05. The predicted octanol–water partition coefficient (Wildman–Crippen LogP) is 3.55. The number of benzene rings is 1. The normalized spacial score (nSPS) is 15.9. The first-order valence-corrected chi connectivity index (χ1v) is 7.72. The van der Waals surface area contributed by atoms with Gasteiger partial charge in [0.05, 0.1) is 0 Å². The Morgan fingerprint density at radius 1 is 1.10 bits per heavy atom. The summed E-state index contributed by atoms with van der Waals surface area (Å²) in [5.41, 5.74) is 1.95. The number of amides is 1. The van der Waals surface area contributed by atoms with Gasteiger partial charge in [0.1, 0.15) is 0 Å². The van der Waals surface area contributed by atoms with Gasteiger partial charge in [0.15, 0.2) is 0 Å². The van der Waals surface area contributed by atoms with Gasteiger partial charge in [-0.25, -0.2) is 0 Å². The number of carbonyl (C=O) groups is 1. The van der Waals surface area contributed by atoms with E-state index in [0.717, 1.165) is 30.6 Å². The summed E-state index contributed by atoms with van der Waals surface area (Å²) < 4.78 is 0. The smallest absolute Gasteiger partial charge is 0.253 e. The van der Waals surface area contributed by atoms with Crippen molar-refractivity contribution in [1.82, 2.24) is 4.90 Å². The van der Waals surface area contributed by atoms with Crippen molar-refractivity contribution in [2.45, 2.75) is 45.1 Å². The molecule has 0 aliphatic heterocycles. The minimum Gasteiger partial charge on any atom is -0.375 e. The molecule has 1 amide bonds. The van der Waals surface area contributed by atoms with E-state index in [1.807, 2.05) is 36.2 Å². The zero-order valence-corrected chi connectivity index (χ0v) is 12.9. The van der Waals surface area contributed by atoms with Gasteiger partial charge >= 0.3 is 0 Å². The van der Waals surface area contributed by atoms with Gasteiger partial charge in [-0.15, -0.1) is 0 Å². The average Bonchev–Trinajstić information content (AvgIpc) is 2.53. The second-order valence-corrected chi connectivity index (χ2v) is 5.77. The molecule has 1 saturated carbocycles. The van der Waals surface area contributed by atoms with Crippen LogP contribution in [0.5, 0.6) is 0 Å². The highest BCUT2D eigenvalue weighted by molar-refractivity contribution is 5.94. The molecule has 1 aromatic rings. The zero-order chi connectivity index (χ0) is 14.5. The summed E-state index contributed by atoms with van der Waals surface area (Å²) in [5.74, 6) is 0.155. The fourth-order valence-electron chi connectivity index (χ4n) is 2.88. The monoisotopic (exact) mass is 274 g/mol. The molecule has 1 aliphatic rings. The summed E-state index contributed by atoms with van der Waals surface area (Å²) in [6, 6.07) is 8.39. The van der Waals surface area contributed by atoms with E-state index in [1.54, 1.807) is 0 Å². The van der Waals surface area contributed by atoms with E-state index in [-0.39, 0.29) is 5.91 Å². The fraction of sp³-hybridized carbons (Fsp3) is 0.588. The van der Waals surface area contributed by atoms with Crippen molar-refractivity contribution < 1.29 is 4.79 Å². The summed E-state index contributed by atoms with van der Waals surface area (Å²) in [6.07, 6.45) is 6.12. The van der Waals surface area contributed by atoms with E-state index < -0.39 is 0 Å². The van der Waals surface area contributed by atoms with Gasteiger partial charge in [-0.05, 0) is 44.0 Å². The van der Waals surface area contributed by atoms with E-state index in [0.29, 0.717) is 6.04 Å². The Morgan fingerprint density at radius 2 is 1.70 bits per heavy atom. The first kappa shape index (κ1) is 14.9. The molecule has 0 spiro atoms. The highest BCUT2D eigenvalue weighted by Gasteiger charge is 2.22. The summed E-state index contributed by atoms with van der Waals surface area (Å²) >= 11 is 0. The Balaban J connectivity index is 2.04. The lowest BCUT2D eigenvalue weighted by Gasteiger charge is -2.31. The van der Waals surface area contributed by atoms with Crippen molar-refractivity contribution in [3.63, 3.8) is 0 Å². The molecule has 20 heavy (non-hydrogen) atoms. The van der Waals surface area contributed by atoms with Gasteiger partial charge in [0.25, 0.3) is 5.91 Å². The van der Waals surface area contributed by atoms with Crippen LogP contribution in [0.4, 0.5) is 5.69 Å². The van der Waals surface area contributed by atoms with Crippen molar-refractivity contribution in [1.29, 1.82) is 0 Å². The third-order valence-corrected chi connectivity index (χ3v) is 4.47. The predicted molar refractivity (Wildman–Crippen MR) is 84.4 cm³/mol. The second kappa shape index (κ2) is 6.78. The van der Waals surface area contributed by atoms with Gasteiger partial charge in [-0.1, -0.05) is 19.3 Å². The van der Waals surface area contributed by atoms with Gasteiger partial charge in [-0.3, -0.25) is 4.79 Å². The highest BCUT2D eigenvalue weighted by atomic mass is 16.2. The van der Waals surface area contributed by atoms with Crippen LogP contribution in [0.3, 0.4) is 0 Å². The van der Waals surface area contributed by atoms with E-state index >= 15 is 0 Å². The zero-order valence-electron chi connectivity index (χ0n) is 12.9. The summed E-state index contributed by atoms with van der Waals surface area (Å²) in [7, 11) is 4.01. The molecule has 1 fully saturated rings. The van der Waals surface area contributed by atoms with Crippen LogP contribution in [-0.2, 0) is 0 Å². The molecule has 0 heterocycles. The third kappa shape index (κ3) is 3.33. The molecule has 2 rings (SSSR count). The van der Waals surface area contributed by atoms with Crippen molar-refractivity contribution in [3.05, 3.63) is 29.8 Å². The number of hydrogen-bond donors (Lipinski definition) is 0. The molecule has 110 valence electrons. The van der Waals surface area contributed by atoms with Crippen molar-refractivity contribution in [2.75, 3.05) is 25.5 Å². The van der Waals surface area contributed by atoms with E-state index in [2.05, 4.69) is 18.9 Å². The molecule has 0 radical (unpaired) electrons. The van der Waals surface area contributed by atoms with Crippen LogP contribution < -0.4 is 4.90 Å². The molecule has 0 aromatic heterocycles. The van der Waals surface area contributed by atoms with Crippen molar-refractivity contribution >= 4 is 11.6 Å². The molecular formula is C17H26N2O. The van der Waals surface area contributed by atoms with E-state index in [1.165, 1.54) is 19.3 Å². The first-order valence-electron chi connectivity index (χ1n) is 7.72. The van der Waals surface area contributed by atoms with Crippen LogP contribution in [0.1, 0.15) is 49.4 Å². The van der Waals surface area contributed by atoms with Gasteiger partial charge in [-0.2, -0.15) is 0 Å². The molecule has 3 nitrogen and oxygen atoms in total. The molecule has 3 heteroatoms. The topological polar surface area (TPSA) is 23.6 Å². The Hall–Kier alpha value is -1.51. The maximum Gasteiger partial charge on any atom is 0.253 e. The van der Waals surface area contributed by atoms with Crippen LogP contribution >= 0.6 is 0 Å². The van der Waals surface area contributed by atoms with E-state index in [4.69, 9.17) is 0 Å². The van der Waals surface area contributed by atoms with Crippen LogP contribution in [0.2, 0.25) is 0 Å². The van der Waals surface area contributed by atoms with E-state index in [9.17, 15) is 4.79 Å². The minimum atomic E-state index is 0.155. The standard InChI is InChI=1S/C17H26N2O/c1-4-18(2)15-12-10-14(11-13-15)17(20)19(3)16-8-6-5-7-9-16/h10-13,16H,4-9H2,1-3H3. The number of nitrogens with zero attached hydrogens (tertiary/aromatic N) is 2. The maximum absolute atomic E-state index is 12.5. The molecule has 0 bridgehead atoms. The number of hydrogen-bond acceptors (Lipinski definition) is 2. The number of carbonyl (C=O) groups excluding carboxylic acids is 1. The summed E-state index contributed by atoms with van der Waals surface area (Å²) in [4.78, 5) is 16.6. The average molecular weight is 274 g/mol. The third-order valence-electron chi connectivity index (χ3n) is 4.47. The Bertz CT molecular complexity index is 435. The molecule has 1 aromatic carbocycles. The molecule has 1 aliphatic carbocycles. The Morgan fingerprint density at radius 3 is 2.25 bits per heavy atom. The summed E-state index contributed by atoms with van der Waals surface area (Å²) in [5, 5.41) is 0. The molecule has 0 saturated heterocycles. The minimum absolute atomic E-state index is 0.155.